The second-order valence-electron chi connectivity index (χ2n) is 3.87. The molecule has 0 radical (unpaired) electrons. The van der Waals surface area contributed by atoms with Gasteiger partial charge < -0.3 is 10.1 Å². The van der Waals surface area contributed by atoms with Crippen molar-refractivity contribution in [2.75, 3.05) is 19.7 Å². The summed E-state index contributed by atoms with van der Waals surface area (Å²) in [5, 5.41) is 3.34. The molecule has 0 saturated carbocycles. The summed E-state index contributed by atoms with van der Waals surface area (Å²) in [6.07, 6.45) is 3.32. The number of aliphatic imine (C=N–C) groups is 1. The van der Waals surface area contributed by atoms with Crippen molar-refractivity contribution >= 4 is 5.84 Å². The predicted octanol–water partition coefficient (Wildman–Crippen LogP) is 2.24. The van der Waals surface area contributed by atoms with Gasteiger partial charge in [0.2, 0.25) is 0 Å². The van der Waals surface area contributed by atoms with E-state index in [0.717, 1.165) is 38.3 Å². The van der Waals surface area contributed by atoms with Gasteiger partial charge in [-0.1, -0.05) is 18.2 Å². The number of hydrogen-bond acceptors (Lipinski definition) is 3. The van der Waals surface area contributed by atoms with Gasteiger partial charge in [-0.3, -0.25) is 4.99 Å². The molecule has 0 aliphatic carbocycles. The van der Waals surface area contributed by atoms with Gasteiger partial charge in [-0.15, -0.1) is 0 Å². The molecule has 1 aromatic carbocycles. The molecule has 3 heteroatoms. The van der Waals surface area contributed by atoms with Gasteiger partial charge in [0, 0.05) is 19.5 Å². The molecule has 0 amide bonds. The quantitative estimate of drug-likeness (QED) is 0.769. The maximum absolute atomic E-state index is 5.59. The summed E-state index contributed by atoms with van der Waals surface area (Å²) in [5.74, 6) is 2.11. The van der Waals surface area contributed by atoms with Crippen molar-refractivity contribution in [3.8, 4) is 5.75 Å². The van der Waals surface area contributed by atoms with Crippen LogP contribution < -0.4 is 10.1 Å². The lowest BCUT2D eigenvalue weighted by Crippen LogP contribution is -2.23. The van der Waals surface area contributed by atoms with E-state index in [9.17, 15) is 0 Å². The number of nitrogens with one attached hydrogen (secondary N) is 1. The van der Waals surface area contributed by atoms with Crippen LogP contribution in [0.5, 0.6) is 5.75 Å². The van der Waals surface area contributed by atoms with Crippen LogP contribution in [0.2, 0.25) is 0 Å². The van der Waals surface area contributed by atoms with Gasteiger partial charge in [-0.05, 0) is 25.0 Å². The molecule has 1 aliphatic heterocycles. The zero-order valence-corrected chi connectivity index (χ0v) is 9.48. The Morgan fingerprint density at radius 2 is 2.12 bits per heavy atom. The van der Waals surface area contributed by atoms with Crippen molar-refractivity contribution in [3.05, 3.63) is 30.3 Å². The third-order valence-electron chi connectivity index (χ3n) is 2.54. The summed E-state index contributed by atoms with van der Waals surface area (Å²) in [4.78, 5) is 4.36. The molecule has 0 spiro atoms. The van der Waals surface area contributed by atoms with Crippen molar-refractivity contribution in [1.29, 1.82) is 0 Å². The number of para-hydroxylation sites is 1. The zero-order valence-electron chi connectivity index (χ0n) is 9.48. The predicted molar refractivity (Wildman–Crippen MR) is 66.1 cm³/mol. The largest absolute Gasteiger partial charge is 0.494 e. The minimum absolute atomic E-state index is 0.754. The third-order valence-corrected chi connectivity index (χ3v) is 2.54. The SMILES string of the molecule is c1ccc(OCCCNC2=NCCC2)cc1. The first-order valence-corrected chi connectivity index (χ1v) is 5.90. The standard InChI is InChI=1S/C13H18N2O/c1-2-6-12(7-3-1)16-11-5-10-15-13-8-4-9-14-13/h1-3,6-7H,4-5,8-11H2,(H,14,15). The van der Waals surface area contributed by atoms with Gasteiger partial charge in [-0.25, -0.2) is 0 Å². The molecule has 0 aromatic heterocycles. The number of benzene rings is 1. The van der Waals surface area contributed by atoms with E-state index in [-0.39, 0.29) is 0 Å². The fourth-order valence-corrected chi connectivity index (χ4v) is 1.70. The Hall–Kier alpha value is -1.51. The van der Waals surface area contributed by atoms with Crippen LogP contribution in [0.15, 0.2) is 35.3 Å². The first-order chi connectivity index (χ1) is 7.95. The highest BCUT2D eigenvalue weighted by Crippen LogP contribution is 2.08. The Kier molecular flexibility index (Phi) is 4.23. The van der Waals surface area contributed by atoms with Crippen molar-refractivity contribution in [3.63, 3.8) is 0 Å². The molecular weight excluding hydrogens is 200 g/mol. The molecule has 1 heterocycles. The Balaban J connectivity index is 1.55. The summed E-state index contributed by atoms with van der Waals surface area (Å²) in [5.41, 5.74) is 0. The number of amidine groups is 1. The second-order valence-corrected chi connectivity index (χ2v) is 3.87. The summed E-state index contributed by atoms with van der Waals surface area (Å²) in [7, 11) is 0. The molecule has 0 atom stereocenters. The van der Waals surface area contributed by atoms with Crippen LogP contribution in [0.4, 0.5) is 0 Å². The Morgan fingerprint density at radius 3 is 2.88 bits per heavy atom. The molecule has 1 aliphatic rings. The Morgan fingerprint density at radius 1 is 1.25 bits per heavy atom. The summed E-state index contributed by atoms with van der Waals surface area (Å²) in [6, 6.07) is 9.93. The highest BCUT2D eigenvalue weighted by Gasteiger charge is 2.03. The zero-order chi connectivity index (χ0) is 11.1. The topological polar surface area (TPSA) is 33.6 Å². The first-order valence-electron chi connectivity index (χ1n) is 5.90. The highest BCUT2D eigenvalue weighted by atomic mass is 16.5. The van der Waals surface area contributed by atoms with Gasteiger partial charge in [0.15, 0.2) is 0 Å². The lowest BCUT2D eigenvalue weighted by atomic mass is 10.3. The van der Waals surface area contributed by atoms with E-state index in [1.807, 2.05) is 30.3 Å². The lowest BCUT2D eigenvalue weighted by Gasteiger charge is -2.07. The molecular formula is C13H18N2O. The van der Waals surface area contributed by atoms with Gasteiger partial charge in [0.25, 0.3) is 0 Å². The van der Waals surface area contributed by atoms with Crippen LogP contribution in [0.3, 0.4) is 0 Å². The molecule has 1 N–H and O–H groups in total. The monoisotopic (exact) mass is 218 g/mol. The minimum atomic E-state index is 0.754. The maximum Gasteiger partial charge on any atom is 0.119 e. The molecule has 0 saturated heterocycles. The lowest BCUT2D eigenvalue weighted by molar-refractivity contribution is 0.311. The fourth-order valence-electron chi connectivity index (χ4n) is 1.70. The highest BCUT2D eigenvalue weighted by molar-refractivity contribution is 5.83. The number of nitrogens with zero attached hydrogens (tertiary/aromatic N) is 1. The van der Waals surface area contributed by atoms with Gasteiger partial charge in [-0.2, -0.15) is 0 Å². The molecule has 1 aromatic rings. The van der Waals surface area contributed by atoms with Crippen molar-refractivity contribution in [2.45, 2.75) is 19.3 Å². The smallest absolute Gasteiger partial charge is 0.119 e. The van der Waals surface area contributed by atoms with Crippen LogP contribution >= 0.6 is 0 Å². The van der Waals surface area contributed by atoms with Crippen molar-refractivity contribution in [1.82, 2.24) is 5.32 Å². The van der Waals surface area contributed by atoms with E-state index >= 15 is 0 Å². The fraction of sp³-hybridized carbons (Fsp3) is 0.462. The average Bonchev–Trinajstić information content (AvgIpc) is 2.83. The van der Waals surface area contributed by atoms with Gasteiger partial charge in [0.1, 0.15) is 5.75 Å². The summed E-state index contributed by atoms with van der Waals surface area (Å²) in [6.45, 7) is 2.69. The second kappa shape index (κ2) is 6.16. The van der Waals surface area contributed by atoms with E-state index in [1.54, 1.807) is 0 Å². The number of hydrogen-bond donors (Lipinski definition) is 1. The molecule has 86 valence electrons. The Labute approximate surface area is 96.5 Å². The van der Waals surface area contributed by atoms with Gasteiger partial charge in [0.05, 0.1) is 12.4 Å². The molecule has 0 fully saturated rings. The first kappa shape index (κ1) is 11.0. The summed E-state index contributed by atoms with van der Waals surface area (Å²) >= 11 is 0. The van der Waals surface area contributed by atoms with Crippen LogP contribution in [-0.2, 0) is 0 Å². The van der Waals surface area contributed by atoms with Gasteiger partial charge >= 0.3 is 0 Å². The minimum Gasteiger partial charge on any atom is -0.494 e. The molecule has 0 bridgehead atoms. The Bertz CT molecular complexity index is 335. The van der Waals surface area contributed by atoms with E-state index in [2.05, 4.69) is 10.3 Å². The maximum atomic E-state index is 5.59. The third kappa shape index (κ3) is 3.57. The number of rotatable bonds is 5. The molecule has 3 nitrogen and oxygen atoms in total. The molecule has 2 rings (SSSR count). The van der Waals surface area contributed by atoms with Crippen LogP contribution in [-0.4, -0.2) is 25.5 Å². The van der Waals surface area contributed by atoms with Crippen molar-refractivity contribution in [2.24, 2.45) is 4.99 Å². The van der Waals surface area contributed by atoms with Crippen molar-refractivity contribution < 1.29 is 4.74 Å². The molecule has 0 unspecified atom stereocenters. The van der Waals surface area contributed by atoms with Crippen LogP contribution in [0.1, 0.15) is 19.3 Å². The van der Waals surface area contributed by atoms with Crippen LogP contribution in [0, 0.1) is 0 Å². The summed E-state index contributed by atoms with van der Waals surface area (Å²) < 4.78 is 5.59. The van der Waals surface area contributed by atoms with E-state index in [0.29, 0.717) is 0 Å². The van der Waals surface area contributed by atoms with E-state index in [1.165, 1.54) is 12.3 Å². The average molecular weight is 218 g/mol. The normalized spacial score (nSPS) is 14.6. The molecule has 16 heavy (non-hydrogen) atoms. The number of ether oxygens (including phenoxy) is 1. The van der Waals surface area contributed by atoms with E-state index in [4.69, 9.17) is 4.74 Å². The van der Waals surface area contributed by atoms with E-state index < -0.39 is 0 Å². The van der Waals surface area contributed by atoms with Crippen LogP contribution in [0.25, 0.3) is 0 Å².